The third-order valence-corrected chi connectivity index (χ3v) is 4.97. The van der Waals surface area contributed by atoms with Gasteiger partial charge in [0.15, 0.2) is 0 Å². The lowest BCUT2D eigenvalue weighted by atomic mass is 9.92. The number of piperazine rings is 2. The van der Waals surface area contributed by atoms with Crippen LogP contribution in [0.4, 0.5) is 9.59 Å². The molecule has 2 aliphatic heterocycles. The standard InChI is InChI=1S/C15H30N2O2.C9H18N2O2/c1-14(2,3)7-8-16-9-11-17(12-10-16)13(18)19-15(4,5)6;1-9(2,3)13-8(12)11-6-4-10-5-7-11/h7-12H2,1-6H3;10H,4-7H2,1-3H3. The lowest BCUT2D eigenvalue weighted by Gasteiger charge is -2.36. The normalized spacial score (nSPS) is 18.5. The number of nitrogens with zero attached hydrogens (tertiary/aromatic N) is 3. The zero-order valence-electron chi connectivity index (χ0n) is 22.0. The average Bonchev–Trinajstić information content (AvgIpc) is 2.65. The first-order valence-corrected chi connectivity index (χ1v) is 11.9. The van der Waals surface area contributed by atoms with Crippen LogP contribution in [-0.4, -0.2) is 97.0 Å². The third kappa shape index (κ3) is 13.1. The summed E-state index contributed by atoms with van der Waals surface area (Å²) in [6.45, 7) is 26.0. The van der Waals surface area contributed by atoms with Gasteiger partial charge < -0.3 is 24.6 Å². The maximum atomic E-state index is 11.9. The van der Waals surface area contributed by atoms with Gasteiger partial charge in [0.25, 0.3) is 0 Å². The van der Waals surface area contributed by atoms with Gasteiger partial charge in [-0.15, -0.1) is 0 Å². The molecule has 8 heteroatoms. The largest absolute Gasteiger partial charge is 0.444 e. The van der Waals surface area contributed by atoms with E-state index in [1.807, 2.05) is 46.4 Å². The van der Waals surface area contributed by atoms with Crippen LogP contribution >= 0.6 is 0 Å². The van der Waals surface area contributed by atoms with Crippen LogP contribution in [0.1, 0.15) is 68.7 Å². The average molecular weight is 457 g/mol. The van der Waals surface area contributed by atoms with Gasteiger partial charge in [0, 0.05) is 52.4 Å². The lowest BCUT2D eigenvalue weighted by molar-refractivity contribution is 0.0136. The summed E-state index contributed by atoms with van der Waals surface area (Å²) in [7, 11) is 0. The van der Waals surface area contributed by atoms with Crippen LogP contribution in [-0.2, 0) is 9.47 Å². The van der Waals surface area contributed by atoms with Crippen molar-refractivity contribution in [3.8, 4) is 0 Å². The molecular formula is C24H48N4O4. The van der Waals surface area contributed by atoms with E-state index in [1.165, 1.54) is 6.42 Å². The molecule has 1 N–H and O–H groups in total. The van der Waals surface area contributed by atoms with E-state index in [4.69, 9.17) is 9.47 Å². The minimum atomic E-state index is -0.402. The zero-order valence-corrected chi connectivity index (χ0v) is 22.0. The van der Waals surface area contributed by atoms with Crippen molar-refractivity contribution in [2.45, 2.75) is 79.9 Å². The summed E-state index contributed by atoms with van der Waals surface area (Å²) in [5.41, 5.74) is -0.412. The molecule has 0 aromatic carbocycles. The van der Waals surface area contributed by atoms with Crippen molar-refractivity contribution >= 4 is 12.2 Å². The monoisotopic (exact) mass is 456 g/mol. The molecule has 0 aromatic rings. The molecule has 32 heavy (non-hydrogen) atoms. The summed E-state index contributed by atoms with van der Waals surface area (Å²) >= 11 is 0. The van der Waals surface area contributed by atoms with Crippen LogP contribution in [0.15, 0.2) is 0 Å². The molecule has 0 spiro atoms. The van der Waals surface area contributed by atoms with E-state index in [-0.39, 0.29) is 17.8 Å². The van der Waals surface area contributed by atoms with Gasteiger partial charge >= 0.3 is 12.2 Å². The van der Waals surface area contributed by atoms with Crippen molar-refractivity contribution < 1.29 is 19.1 Å². The van der Waals surface area contributed by atoms with Crippen molar-refractivity contribution in [3.63, 3.8) is 0 Å². The first kappa shape index (κ1) is 28.5. The molecule has 0 radical (unpaired) electrons. The Hall–Kier alpha value is -1.54. The molecule has 2 rings (SSSR count). The second-order valence-corrected chi connectivity index (χ2v) is 11.8. The fraction of sp³-hybridized carbons (Fsp3) is 0.917. The number of hydrogen-bond donors (Lipinski definition) is 1. The second-order valence-electron chi connectivity index (χ2n) is 11.8. The number of nitrogens with one attached hydrogen (secondary N) is 1. The molecule has 0 saturated carbocycles. The van der Waals surface area contributed by atoms with Crippen LogP contribution < -0.4 is 5.32 Å². The molecule has 0 aromatic heterocycles. The van der Waals surface area contributed by atoms with Crippen LogP contribution in [0.5, 0.6) is 0 Å². The Bertz CT molecular complexity index is 576. The van der Waals surface area contributed by atoms with E-state index in [2.05, 4.69) is 31.0 Å². The Morgan fingerprint density at radius 3 is 1.47 bits per heavy atom. The Balaban J connectivity index is 0.000000343. The van der Waals surface area contributed by atoms with Crippen molar-refractivity contribution in [2.24, 2.45) is 5.41 Å². The van der Waals surface area contributed by atoms with Gasteiger partial charge in [-0.25, -0.2) is 9.59 Å². The minimum absolute atomic E-state index is 0.178. The number of carbonyl (C=O) groups is 2. The van der Waals surface area contributed by atoms with Crippen molar-refractivity contribution in [3.05, 3.63) is 0 Å². The summed E-state index contributed by atoms with van der Waals surface area (Å²) in [6.07, 6.45) is 0.816. The number of carbonyl (C=O) groups excluding carboxylic acids is 2. The molecule has 0 bridgehead atoms. The lowest BCUT2D eigenvalue weighted by Crippen LogP contribution is -2.50. The smallest absolute Gasteiger partial charge is 0.410 e. The van der Waals surface area contributed by atoms with E-state index in [0.29, 0.717) is 5.41 Å². The Morgan fingerprint density at radius 1 is 0.688 bits per heavy atom. The SMILES string of the molecule is CC(C)(C)CCN1CCN(C(=O)OC(C)(C)C)CC1.CC(C)(C)OC(=O)N1CCNCC1. The van der Waals surface area contributed by atoms with Gasteiger partial charge in [-0.05, 0) is 59.9 Å². The Kier molecular flexibility index (Phi) is 10.7. The van der Waals surface area contributed by atoms with E-state index in [0.717, 1.165) is 58.9 Å². The molecule has 2 fully saturated rings. The molecule has 188 valence electrons. The second kappa shape index (κ2) is 12.1. The minimum Gasteiger partial charge on any atom is -0.444 e. The highest BCUT2D eigenvalue weighted by molar-refractivity contribution is 5.68. The van der Waals surface area contributed by atoms with Gasteiger partial charge in [-0.3, -0.25) is 4.90 Å². The zero-order chi connectivity index (χ0) is 24.6. The highest BCUT2D eigenvalue weighted by atomic mass is 16.6. The number of ether oxygens (including phenoxy) is 2. The quantitative estimate of drug-likeness (QED) is 0.681. The van der Waals surface area contributed by atoms with Crippen LogP contribution in [0.2, 0.25) is 0 Å². The molecule has 2 aliphatic rings. The topological polar surface area (TPSA) is 74.4 Å². The predicted octanol–water partition coefficient (Wildman–Crippen LogP) is 3.80. The molecule has 0 unspecified atom stereocenters. The van der Waals surface area contributed by atoms with Crippen molar-refractivity contribution in [2.75, 3.05) is 58.9 Å². The molecule has 8 nitrogen and oxygen atoms in total. The highest BCUT2D eigenvalue weighted by Crippen LogP contribution is 2.19. The molecule has 0 aliphatic carbocycles. The summed E-state index contributed by atoms with van der Waals surface area (Å²) in [5.74, 6) is 0. The molecular weight excluding hydrogens is 408 g/mol. The van der Waals surface area contributed by atoms with E-state index >= 15 is 0 Å². The number of amides is 2. The van der Waals surface area contributed by atoms with E-state index in [1.54, 1.807) is 4.90 Å². The molecule has 2 heterocycles. The maximum Gasteiger partial charge on any atom is 0.410 e. The number of rotatable bonds is 2. The van der Waals surface area contributed by atoms with E-state index < -0.39 is 5.60 Å². The van der Waals surface area contributed by atoms with Crippen LogP contribution in [0, 0.1) is 5.41 Å². The van der Waals surface area contributed by atoms with Crippen LogP contribution in [0.3, 0.4) is 0 Å². The fourth-order valence-corrected chi connectivity index (χ4v) is 3.15. The van der Waals surface area contributed by atoms with Gasteiger partial charge in [-0.1, -0.05) is 20.8 Å². The van der Waals surface area contributed by atoms with Gasteiger partial charge in [0.05, 0.1) is 0 Å². The maximum absolute atomic E-state index is 11.9. The van der Waals surface area contributed by atoms with Crippen molar-refractivity contribution in [1.29, 1.82) is 0 Å². The first-order valence-electron chi connectivity index (χ1n) is 11.9. The van der Waals surface area contributed by atoms with Crippen LogP contribution in [0.25, 0.3) is 0 Å². The Labute approximate surface area is 196 Å². The van der Waals surface area contributed by atoms with E-state index in [9.17, 15) is 9.59 Å². The van der Waals surface area contributed by atoms with Gasteiger partial charge in [-0.2, -0.15) is 0 Å². The summed E-state index contributed by atoms with van der Waals surface area (Å²) < 4.78 is 10.6. The first-order chi connectivity index (χ1) is 14.6. The van der Waals surface area contributed by atoms with Gasteiger partial charge in [0.1, 0.15) is 11.2 Å². The molecule has 2 saturated heterocycles. The van der Waals surface area contributed by atoms with Gasteiger partial charge in [0.2, 0.25) is 0 Å². The summed E-state index contributed by atoms with van der Waals surface area (Å²) in [4.78, 5) is 29.4. The predicted molar refractivity (Wildman–Crippen MR) is 129 cm³/mol. The molecule has 2 amide bonds. The highest BCUT2D eigenvalue weighted by Gasteiger charge is 2.26. The third-order valence-electron chi connectivity index (χ3n) is 4.97. The molecule has 0 atom stereocenters. The van der Waals surface area contributed by atoms with Crippen molar-refractivity contribution in [1.82, 2.24) is 20.0 Å². The fourth-order valence-electron chi connectivity index (χ4n) is 3.15. The summed E-state index contributed by atoms with van der Waals surface area (Å²) in [6, 6.07) is 0. The number of hydrogen-bond acceptors (Lipinski definition) is 6. The Morgan fingerprint density at radius 2 is 1.09 bits per heavy atom. The summed E-state index contributed by atoms with van der Waals surface area (Å²) in [5, 5.41) is 3.18.